The van der Waals surface area contributed by atoms with Gasteiger partial charge in [-0.1, -0.05) is 13.5 Å². The lowest BCUT2D eigenvalue weighted by Crippen LogP contribution is -2.36. The molecule has 0 saturated carbocycles. The fourth-order valence-electron chi connectivity index (χ4n) is 1.06. The summed E-state index contributed by atoms with van der Waals surface area (Å²) in [5.74, 6) is -2.29. The molecular formula is C11H16O5. The number of ether oxygens (including phenoxy) is 1. The molecule has 0 radical (unpaired) electrons. The molecule has 0 rings (SSSR count). The first-order chi connectivity index (χ1) is 7.23. The van der Waals surface area contributed by atoms with Crippen molar-refractivity contribution in [1.29, 1.82) is 0 Å². The maximum absolute atomic E-state index is 11.3. The van der Waals surface area contributed by atoms with E-state index in [0.717, 1.165) is 0 Å². The fraction of sp³-hybridized carbons (Fsp3) is 0.545. The molecule has 16 heavy (non-hydrogen) atoms. The number of Topliss-reactive ketones (excluding diaryl/α,β-unsaturated/α-hetero) is 1. The zero-order valence-corrected chi connectivity index (χ0v) is 9.70. The van der Waals surface area contributed by atoms with E-state index in [2.05, 4.69) is 6.58 Å². The normalized spacial score (nSPS) is 13.7. The Morgan fingerprint density at radius 2 is 1.88 bits per heavy atom. The van der Waals surface area contributed by atoms with E-state index < -0.39 is 17.5 Å². The van der Waals surface area contributed by atoms with Crippen molar-refractivity contribution in [2.24, 2.45) is 0 Å². The number of carbonyl (C=O) groups is 3. The average molecular weight is 228 g/mol. The van der Waals surface area contributed by atoms with Crippen LogP contribution in [0.1, 0.15) is 33.6 Å². The number of carboxylic acid groups (broad SMARTS) is 1. The van der Waals surface area contributed by atoms with Gasteiger partial charge in [0.25, 0.3) is 0 Å². The predicted molar refractivity (Wildman–Crippen MR) is 56.9 cm³/mol. The Labute approximate surface area is 94.1 Å². The SMILES string of the molecule is C=C(C(=O)O)C(C)(CC)OC(=O)CC(C)=O. The van der Waals surface area contributed by atoms with Gasteiger partial charge in [-0.15, -0.1) is 0 Å². The number of aliphatic carboxylic acids is 1. The van der Waals surface area contributed by atoms with Gasteiger partial charge < -0.3 is 9.84 Å². The maximum Gasteiger partial charge on any atom is 0.335 e. The minimum absolute atomic E-state index is 0.202. The molecule has 1 N–H and O–H groups in total. The molecule has 0 spiro atoms. The topological polar surface area (TPSA) is 80.7 Å². The summed E-state index contributed by atoms with van der Waals surface area (Å²) < 4.78 is 4.98. The summed E-state index contributed by atoms with van der Waals surface area (Å²) in [6.45, 7) is 7.76. The number of ketones is 1. The highest BCUT2D eigenvalue weighted by Gasteiger charge is 2.34. The highest BCUT2D eigenvalue weighted by atomic mass is 16.6. The van der Waals surface area contributed by atoms with Crippen LogP contribution in [0.3, 0.4) is 0 Å². The van der Waals surface area contributed by atoms with Gasteiger partial charge in [0.05, 0.1) is 5.57 Å². The standard InChI is InChI=1S/C11H16O5/c1-5-11(4,8(3)10(14)15)16-9(13)6-7(2)12/h3,5-6H2,1-2,4H3,(H,14,15). The van der Waals surface area contributed by atoms with E-state index in [1.165, 1.54) is 13.8 Å². The molecule has 1 unspecified atom stereocenters. The molecule has 0 aliphatic heterocycles. The first kappa shape index (κ1) is 14.3. The van der Waals surface area contributed by atoms with Crippen molar-refractivity contribution < 1.29 is 24.2 Å². The van der Waals surface area contributed by atoms with Crippen LogP contribution >= 0.6 is 0 Å². The van der Waals surface area contributed by atoms with Crippen LogP contribution in [-0.2, 0) is 19.1 Å². The number of carboxylic acids is 1. The summed E-state index contributed by atoms with van der Waals surface area (Å²) in [6.07, 6.45) is -0.0791. The van der Waals surface area contributed by atoms with Gasteiger partial charge in [0.2, 0.25) is 0 Å². The highest BCUT2D eigenvalue weighted by Crippen LogP contribution is 2.24. The second kappa shape index (κ2) is 5.44. The van der Waals surface area contributed by atoms with Crippen molar-refractivity contribution in [3.05, 3.63) is 12.2 Å². The van der Waals surface area contributed by atoms with Gasteiger partial charge in [-0.05, 0) is 20.3 Å². The molecule has 0 aliphatic rings. The maximum atomic E-state index is 11.3. The van der Waals surface area contributed by atoms with E-state index in [0.29, 0.717) is 0 Å². The van der Waals surface area contributed by atoms with Crippen molar-refractivity contribution in [2.45, 2.75) is 39.2 Å². The second-order valence-electron chi connectivity index (χ2n) is 3.72. The van der Waals surface area contributed by atoms with Gasteiger partial charge >= 0.3 is 11.9 Å². The zero-order chi connectivity index (χ0) is 12.9. The molecule has 90 valence electrons. The lowest BCUT2D eigenvalue weighted by Gasteiger charge is -2.28. The highest BCUT2D eigenvalue weighted by molar-refractivity contribution is 5.95. The largest absolute Gasteiger partial charge is 0.478 e. The Hall–Kier alpha value is -1.65. The molecule has 0 aromatic carbocycles. The van der Waals surface area contributed by atoms with Gasteiger partial charge in [-0.25, -0.2) is 4.79 Å². The predicted octanol–water partition coefficient (Wildman–Crippen LogP) is 1.32. The van der Waals surface area contributed by atoms with Crippen molar-refractivity contribution >= 4 is 17.7 Å². The smallest absolute Gasteiger partial charge is 0.335 e. The van der Waals surface area contributed by atoms with E-state index in [-0.39, 0.29) is 24.2 Å². The van der Waals surface area contributed by atoms with Gasteiger partial charge in [0, 0.05) is 0 Å². The van der Waals surface area contributed by atoms with Crippen LogP contribution in [0.25, 0.3) is 0 Å². The molecule has 0 amide bonds. The van der Waals surface area contributed by atoms with Crippen LogP contribution in [0.15, 0.2) is 12.2 Å². The molecule has 0 aliphatic carbocycles. The number of rotatable bonds is 6. The van der Waals surface area contributed by atoms with Crippen molar-refractivity contribution in [2.75, 3.05) is 0 Å². The van der Waals surface area contributed by atoms with E-state index in [9.17, 15) is 14.4 Å². The summed E-state index contributed by atoms with van der Waals surface area (Å²) in [5, 5.41) is 8.79. The number of carbonyl (C=O) groups excluding carboxylic acids is 2. The molecule has 0 bridgehead atoms. The van der Waals surface area contributed by atoms with Crippen LogP contribution in [0.5, 0.6) is 0 Å². The molecule has 1 atom stereocenters. The molecule has 0 fully saturated rings. The van der Waals surface area contributed by atoms with E-state index in [1.54, 1.807) is 6.92 Å². The average Bonchev–Trinajstić information content (AvgIpc) is 2.14. The first-order valence-corrected chi connectivity index (χ1v) is 4.87. The van der Waals surface area contributed by atoms with Crippen LogP contribution in [0.2, 0.25) is 0 Å². The van der Waals surface area contributed by atoms with E-state index in [4.69, 9.17) is 9.84 Å². The lowest BCUT2D eigenvalue weighted by atomic mass is 9.94. The van der Waals surface area contributed by atoms with Crippen LogP contribution in [-0.4, -0.2) is 28.4 Å². The second-order valence-corrected chi connectivity index (χ2v) is 3.72. The molecule has 0 heterocycles. The van der Waals surface area contributed by atoms with Crippen molar-refractivity contribution in [3.63, 3.8) is 0 Å². The van der Waals surface area contributed by atoms with Crippen LogP contribution < -0.4 is 0 Å². The molecule has 5 heteroatoms. The molecule has 0 aromatic heterocycles. The molecule has 5 nitrogen and oxygen atoms in total. The minimum Gasteiger partial charge on any atom is -0.478 e. The first-order valence-electron chi connectivity index (χ1n) is 4.87. The number of hydrogen-bond acceptors (Lipinski definition) is 4. The fourth-order valence-corrected chi connectivity index (χ4v) is 1.06. The summed E-state index contributed by atoms with van der Waals surface area (Å²) in [6, 6.07) is 0. The van der Waals surface area contributed by atoms with Crippen LogP contribution in [0.4, 0.5) is 0 Å². The number of esters is 1. The Morgan fingerprint density at radius 3 is 2.19 bits per heavy atom. The quantitative estimate of drug-likeness (QED) is 0.421. The third kappa shape index (κ3) is 3.84. The number of hydrogen-bond donors (Lipinski definition) is 1. The summed E-state index contributed by atoms with van der Waals surface area (Å²) in [4.78, 5) is 32.7. The van der Waals surface area contributed by atoms with Gasteiger partial charge in [-0.3, -0.25) is 9.59 Å². The molecule has 0 saturated heterocycles. The molecular weight excluding hydrogens is 212 g/mol. The van der Waals surface area contributed by atoms with Gasteiger partial charge in [0.15, 0.2) is 0 Å². The monoisotopic (exact) mass is 228 g/mol. The van der Waals surface area contributed by atoms with Gasteiger partial charge in [-0.2, -0.15) is 0 Å². The third-order valence-electron chi connectivity index (χ3n) is 2.30. The van der Waals surface area contributed by atoms with Crippen molar-refractivity contribution in [1.82, 2.24) is 0 Å². The Kier molecular flexibility index (Phi) is 4.88. The Balaban J connectivity index is 4.73. The Bertz CT molecular complexity index is 331. The van der Waals surface area contributed by atoms with E-state index >= 15 is 0 Å². The zero-order valence-electron chi connectivity index (χ0n) is 9.70. The third-order valence-corrected chi connectivity index (χ3v) is 2.30. The summed E-state index contributed by atoms with van der Waals surface area (Å²) in [7, 11) is 0. The van der Waals surface area contributed by atoms with Crippen LogP contribution in [0, 0.1) is 0 Å². The summed E-state index contributed by atoms with van der Waals surface area (Å²) >= 11 is 0. The van der Waals surface area contributed by atoms with E-state index in [1.807, 2.05) is 0 Å². The van der Waals surface area contributed by atoms with Gasteiger partial charge in [0.1, 0.15) is 17.8 Å². The minimum atomic E-state index is -1.27. The van der Waals surface area contributed by atoms with Crippen molar-refractivity contribution in [3.8, 4) is 0 Å². The summed E-state index contributed by atoms with van der Waals surface area (Å²) in [5.41, 5.74) is -1.47. The molecule has 0 aromatic rings. The Morgan fingerprint density at radius 1 is 1.38 bits per heavy atom. The lowest BCUT2D eigenvalue weighted by molar-refractivity contribution is -0.157.